The van der Waals surface area contributed by atoms with Crippen LogP contribution in [0.4, 0.5) is 0 Å². The molecule has 21 heavy (non-hydrogen) atoms. The summed E-state index contributed by atoms with van der Waals surface area (Å²) < 4.78 is 4.46. The summed E-state index contributed by atoms with van der Waals surface area (Å²) in [6, 6.07) is 3.44. The topological polar surface area (TPSA) is 56.0 Å². The highest BCUT2D eigenvalue weighted by Crippen LogP contribution is 2.33. The molecular formula is C15H14BrN3O2. The number of amides is 1. The van der Waals surface area contributed by atoms with Crippen molar-refractivity contribution in [1.82, 2.24) is 14.5 Å². The number of aromatic nitrogens is 2. The first-order chi connectivity index (χ1) is 10.1. The highest BCUT2D eigenvalue weighted by Gasteiger charge is 2.32. The third kappa shape index (κ3) is 1.68. The summed E-state index contributed by atoms with van der Waals surface area (Å²) in [4.78, 5) is 24.9. The van der Waals surface area contributed by atoms with Crippen molar-refractivity contribution in [2.75, 3.05) is 0 Å². The van der Waals surface area contributed by atoms with E-state index in [4.69, 9.17) is 0 Å². The molecule has 1 saturated heterocycles. The molecule has 1 aromatic carbocycles. The number of carbonyl (C=O) groups is 1. The van der Waals surface area contributed by atoms with Gasteiger partial charge in [-0.3, -0.25) is 13.9 Å². The molecule has 0 bridgehead atoms. The Kier molecular flexibility index (Phi) is 2.66. The van der Waals surface area contributed by atoms with Gasteiger partial charge in [-0.05, 0) is 37.0 Å². The van der Waals surface area contributed by atoms with Crippen molar-refractivity contribution in [3.63, 3.8) is 0 Å². The molecule has 2 aliphatic heterocycles. The Labute approximate surface area is 129 Å². The molecule has 3 heterocycles. The summed E-state index contributed by atoms with van der Waals surface area (Å²) in [6.45, 7) is 4.47. The van der Waals surface area contributed by atoms with Crippen LogP contribution in [0.15, 0.2) is 33.7 Å². The van der Waals surface area contributed by atoms with Crippen LogP contribution in [-0.2, 0) is 17.8 Å². The van der Waals surface area contributed by atoms with E-state index in [1.54, 1.807) is 9.13 Å². The number of hydrogen-bond acceptors (Lipinski definition) is 2. The Morgan fingerprint density at radius 2 is 2.10 bits per heavy atom. The number of allylic oxidation sites excluding steroid dienone is 1. The zero-order chi connectivity index (χ0) is 14.7. The minimum atomic E-state index is -0.445. The van der Waals surface area contributed by atoms with Crippen molar-refractivity contribution in [2.24, 2.45) is 0 Å². The van der Waals surface area contributed by atoms with Gasteiger partial charge < -0.3 is 5.32 Å². The Morgan fingerprint density at radius 3 is 2.86 bits per heavy atom. The summed E-state index contributed by atoms with van der Waals surface area (Å²) in [5.74, 6) is -0.141. The average molecular weight is 348 g/mol. The molecule has 5 nitrogen and oxygen atoms in total. The number of halogens is 1. The second-order valence-electron chi connectivity index (χ2n) is 5.60. The lowest BCUT2D eigenvalue weighted by atomic mass is 10.0. The van der Waals surface area contributed by atoms with E-state index in [0.717, 1.165) is 33.2 Å². The Morgan fingerprint density at radius 1 is 1.29 bits per heavy atom. The van der Waals surface area contributed by atoms with Gasteiger partial charge in [0, 0.05) is 16.7 Å². The number of hydrogen-bond donors (Lipinski definition) is 1. The first kappa shape index (κ1) is 12.9. The highest BCUT2D eigenvalue weighted by atomic mass is 79.9. The monoisotopic (exact) mass is 347 g/mol. The van der Waals surface area contributed by atoms with Gasteiger partial charge in [0.25, 0.3) is 0 Å². The largest absolute Gasteiger partial charge is 0.329 e. The molecular weight excluding hydrogens is 334 g/mol. The standard InChI is InChI=1S/C15H14BrN3O2/c1-8-2-4-12(14(20)17-8)19-11-5-3-10(16)9-6-7-18(13(9)11)15(19)21/h3,5,12H,1-2,4,6-7H2,(H,17,20). The van der Waals surface area contributed by atoms with Gasteiger partial charge in [0.2, 0.25) is 5.91 Å². The molecule has 1 aromatic heterocycles. The maximum absolute atomic E-state index is 12.7. The molecule has 1 amide bonds. The number of carbonyl (C=O) groups excluding carboxylic acids is 1. The Balaban J connectivity index is 1.97. The van der Waals surface area contributed by atoms with E-state index in [9.17, 15) is 9.59 Å². The summed E-state index contributed by atoms with van der Waals surface area (Å²) in [5.41, 5.74) is 3.61. The zero-order valence-corrected chi connectivity index (χ0v) is 12.9. The van der Waals surface area contributed by atoms with Crippen LogP contribution in [0, 0.1) is 0 Å². The van der Waals surface area contributed by atoms with Crippen molar-refractivity contribution in [3.8, 4) is 0 Å². The van der Waals surface area contributed by atoms with E-state index < -0.39 is 6.04 Å². The fourth-order valence-electron chi connectivity index (χ4n) is 3.40. The van der Waals surface area contributed by atoms with Gasteiger partial charge in [-0.2, -0.15) is 0 Å². The predicted octanol–water partition coefficient (Wildman–Crippen LogP) is 2.09. The van der Waals surface area contributed by atoms with Gasteiger partial charge in [-0.1, -0.05) is 22.5 Å². The second-order valence-corrected chi connectivity index (χ2v) is 6.45. The summed E-state index contributed by atoms with van der Waals surface area (Å²) >= 11 is 3.54. The van der Waals surface area contributed by atoms with Crippen molar-refractivity contribution >= 4 is 32.9 Å². The number of imidazole rings is 1. The third-order valence-corrected chi connectivity index (χ3v) is 5.13. The summed E-state index contributed by atoms with van der Waals surface area (Å²) in [5, 5.41) is 2.76. The first-order valence-corrected chi connectivity index (χ1v) is 7.78. The summed E-state index contributed by atoms with van der Waals surface area (Å²) in [6.07, 6.45) is 2.19. The molecule has 1 unspecified atom stereocenters. The molecule has 108 valence electrons. The van der Waals surface area contributed by atoms with Crippen molar-refractivity contribution in [1.29, 1.82) is 0 Å². The third-order valence-electron chi connectivity index (χ3n) is 4.39. The molecule has 1 atom stereocenters. The fourth-order valence-corrected chi connectivity index (χ4v) is 3.92. The number of nitrogens with one attached hydrogen (secondary N) is 1. The first-order valence-electron chi connectivity index (χ1n) is 6.98. The zero-order valence-electron chi connectivity index (χ0n) is 11.4. The van der Waals surface area contributed by atoms with Gasteiger partial charge in [0.1, 0.15) is 6.04 Å². The number of piperidine rings is 1. The molecule has 1 N–H and O–H groups in total. The van der Waals surface area contributed by atoms with Gasteiger partial charge in [-0.15, -0.1) is 0 Å². The van der Waals surface area contributed by atoms with Crippen LogP contribution in [0.1, 0.15) is 24.4 Å². The Hall–Kier alpha value is -1.82. The number of rotatable bonds is 1. The van der Waals surface area contributed by atoms with Crippen LogP contribution in [-0.4, -0.2) is 15.0 Å². The van der Waals surface area contributed by atoms with Crippen LogP contribution >= 0.6 is 15.9 Å². The fraction of sp³-hybridized carbons (Fsp3) is 0.333. The quantitative estimate of drug-likeness (QED) is 0.858. The van der Waals surface area contributed by atoms with Crippen LogP contribution in [0.2, 0.25) is 0 Å². The number of benzene rings is 1. The van der Waals surface area contributed by atoms with E-state index >= 15 is 0 Å². The molecule has 0 spiro atoms. The molecule has 2 aliphatic rings. The van der Waals surface area contributed by atoms with Crippen LogP contribution < -0.4 is 11.0 Å². The minimum Gasteiger partial charge on any atom is -0.329 e. The Bertz CT molecular complexity index is 862. The van der Waals surface area contributed by atoms with E-state index in [2.05, 4.69) is 27.8 Å². The van der Waals surface area contributed by atoms with Gasteiger partial charge in [-0.25, -0.2) is 4.79 Å². The number of nitrogens with zero attached hydrogens (tertiary/aromatic N) is 2. The second kappa shape index (κ2) is 4.34. The molecule has 0 radical (unpaired) electrons. The van der Waals surface area contributed by atoms with Crippen molar-refractivity contribution in [3.05, 3.63) is 44.9 Å². The highest BCUT2D eigenvalue weighted by molar-refractivity contribution is 9.10. The summed E-state index contributed by atoms with van der Waals surface area (Å²) in [7, 11) is 0. The van der Waals surface area contributed by atoms with Gasteiger partial charge in [0.05, 0.1) is 11.0 Å². The van der Waals surface area contributed by atoms with Crippen LogP contribution in [0.3, 0.4) is 0 Å². The van der Waals surface area contributed by atoms with Gasteiger partial charge >= 0.3 is 5.69 Å². The molecule has 2 aromatic rings. The van der Waals surface area contributed by atoms with E-state index in [0.29, 0.717) is 19.4 Å². The van der Waals surface area contributed by atoms with Crippen molar-refractivity contribution in [2.45, 2.75) is 31.8 Å². The van der Waals surface area contributed by atoms with Crippen LogP contribution in [0.25, 0.3) is 11.0 Å². The lowest BCUT2D eigenvalue weighted by Crippen LogP contribution is -2.40. The van der Waals surface area contributed by atoms with Gasteiger partial charge in [0.15, 0.2) is 0 Å². The van der Waals surface area contributed by atoms with E-state index in [-0.39, 0.29) is 11.6 Å². The SMILES string of the molecule is C=C1CCC(n2c(=O)n3c4c(c(Br)ccc42)CC3)C(=O)N1. The molecule has 4 rings (SSSR count). The van der Waals surface area contributed by atoms with Crippen molar-refractivity contribution < 1.29 is 4.79 Å². The maximum Gasteiger partial charge on any atom is 0.329 e. The molecule has 0 aliphatic carbocycles. The minimum absolute atomic E-state index is 0.0884. The predicted molar refractivity (Wildman–Crippen MR) is 83.2 cm³/mol. The normalized spacial score (nSPS) is 21.1. The maximum atomic E-state index is 12.7. The lowest BCUT2D eigenvalue weighted by molar-refractivity contribution is -0.124. The number of aryl methyl sites for hydroxylation is 2. The molecule has 1 fully saturated rings. The smallest absolute Gasteiger partial charge is 0.329 e. The van der Waals surface area contributed by atoms with E-state index in [1.807, 2.05) is 12.1 Å². The van der Waals surface area contributed by atoms with Crippen LogP contribution in [0.5, 0.6) is 0 Å². The molecule has 0 saturated carbocycles. The average Bonchev–Trinajstić information content (AvgIpc) is 2.99. The lowest BCUT2D eigenvalue weighted by Gasteiger charge is -2.24. The van der Waals surface area contributed by atoms with E-state index in [1.165, 1.54) is 0 Å². The molecule has 6 heteroatoms.